The number of aryl methyl sites for hydroxylation is 1. The molecule has 0 spiro atoms. The molecular weight excluding hydrogens is 486 g/mol. The summed E-state index contributed by atoms with van der Waals surface area (Å²) < 4.78 is 32.3. The summed E-state index contributed by atoms with van der Waals surface area (Å²) in [6, 6.07) is 8.20. The van der Waals surface area contributed by atoms with Gasteiger partial charge in [-0.15, -0.1) is 0 Å². The van der Waals surface area contributed by atoms with Crippen LogP contribution in [0, 0.1) is 12.7 Å². The number of fused-ring (bicyclic) bond motifs is 3. The Morgan fingerprint density at radius 3 is 2.53 bits per heavy atom. The van der Waals surface area contributed by atoms with Gasteiger partial charge in [-0.2, -0.15) is 0 Å². The van der Waals surface area contributed by atoms with E-state index in [0.717, 1.165) is 31.7 Å². The van der Waals surface area contributed by atoms with Crippen LogP contribution in [-0.2, 0) is 6.54 Å². The number of halogens is 2. The SMILES string of the molecule is CCN1CC2CC1CN2Cc1ccc(N2C=C(F)C(c3cc(F)c4nc(C)n(C(C)C)c4c3)=NC2N)nc1. The molecule has 5 heterocycles. The van der Waals surface area contributed by atoms with Gasteiger partial charge in [0.1, 0.15) is 22.9 Å². The van der Waals surface area contributed by atoms with Crippen molar-refractivity contribution in [3.63, 3.8) is 0 Å². The minimum absolute atomic E-state index is 0.0190. The van der Waals surface area contributed by atoms with Crippen molar-refractivity contribution in [1.82, 2.24) is 24.3 Å². The van der Waals surface area contributed by atoms with Gasteiger partial charge in [0.25, 0.3) is 0 Å². The summed E-state index contributed by atoms with van der Waals surface area (Å²) in [6.07, 6.45) is 3.46. The second kappa shape index (κ2) is 9.52. The first-order valence-corrected chi connectivity index (χ1v) is 13.3. The first-order valence-electron chi connectivity index (χ1n) is 13.3. The van der Waals surface area contributed by atoms with Gasteiger partial charge in [-0.25, -0.2) is 23.7 Å². The van der Waals surface area contributed by atoms with E-state index in [1.165, 1.54) is 23.6 Å². The zero-order valence-electron chi connectivity index (χ0n) is 22.3. The molecule has 2 aromatic heterocycles. The van der Waals surface area contributed by atoms with Crippen LogP contribution in [0.3, 0.4) is 0 Å². The Labute approximate surface area is 221 Å². The van der Waals surface area contributed by atoms with Gasteiger partial charge in [-0.05, 0) is 57.5 Å². The molecule has 2 saturated heterocycles. The molecule has 2 N–H and O–H groups in total. The maximum atomic E-state index is 15.4. The van der Waals surface area contributed by atoms with Crippen LogP contribution in [0.5, 0.6) is 0 Å². The highest BCUT2D eigenvalue weighted by Crippen LogP contribution is 2.32. The molecule has 6 rings (SSSR count). The number of nitrogens with zero attached hydrogens (tertiary/aromatic N) is 7. The third kappa shape index (κ3) is 4.20. The van der Waals surface area contributed by atoms with E-state index >= 15 is 4.39 Å². The van der Waals surface area contributed by atoms with Crippen molar-refractivity contribution in [1.29, 1.82) is 0 Å². The lowest BCUT2D eigenvalue weighted by atomic mass is 10.1. The molecule has 38 heavy (non-hydrogen) atoms. The lowest BCUT2D eigenvalue weighted by Gasteiger charge is -2.33. The van der Waals surface area contributed by atoms with Gasteiger partial charge in [0.2, 0.25) is 0 Å². The number of pyridine rings is 1. The third-order valence-electron chi connectivity index (χ3n) is 8.07. The van der Waals surface area contributed by atoms with Crippen molar-refractivity contribution in [2.24, 2.45) is 10.7 Å². The van der Waals surface area contributed by atoms with E-state index in [9.17, 15) is 4.39 Å². The molecule has 0 amide bonds. The predicted octanol–water partition coefficient (Wildman–Crippen LogP) is 4.10. The molecule has 10 heteroatoms. The lowest BCUT2D eigenvalue weighted by Crippen LogP contribution is -2.45. The van der Waals surface area contributed by atoms with Crippen LogP contribution in [0.2, 0.25) is 0 Å². The molecule has 2 bridgehead atoms. The van der Waals surface area contributed by atoms with Crippen molar-refractivity contribution >= 4 is 22.6 Å². The summed E-state index contributed by atoms with van der Waals surface area (Å²) in [5, 5.41) is 0. The monoisotopic (exact) mass is 520 g/mol. The summed E-state index contributed by atoms with van der Waals surface area (Å²) in [7, 11) is 0. The summed E-state index contributed by atoms with van der Waals surface area (Å²) in [4.78, 5) is 19.9. The van der Waals surface area contributed by atoms with Gasteiger partial charge in [0.05, 0.1) is 5.52 Å². The predicted molar refractivity (Wildman–Crippen MR) is 145 cm³/mol. The maximum absolute atomic E-state index is 15.4. The van der Waals surface area contributed by atoms with Crippen molar-refractivity contribution in [3.8, 4) is 0 Å². The molecule has 2 fully saturated rings. The van der Waals surface area contributed by atoms with Crippen LogP contribution in [0.1, 0.15) is 50.2 Å². The molecular formula is C28H34F2N8. The molecule has 3 atom stereocenters. The Kier molecular flexibility index (Phi) is 6.28. The number of aliphatic imine (C=N–C) groups is 1. The zero-order chi connectivity index (χ0) is 26.7. The highest BCUT2D eigenvalue weighted by molar-refractivity contribution is 6.13. The maximum Gasteiger partial charge on any atom is 0.179 e. The van der Waals surface area contributed by atoms with Crippen LogP contribution < -0.4 is 10.6 Å². The summed E-state index contributed by atoms with van der Waals surface area (Å²) in [5.74, 6) is 0.0919. The van der Waals surface area contributed by atoms with Gasteiger partial charge >= 0.3 is 0 Å². The number of anilines is 1. The number of likely N-dealkylation sites (tertiary alicyclic amines) is 2. The Bertz CT molecular complexity index is 1430. The molecule has 3 aliphatic heterocycles. The standard InChI is InChI=1S/C28H34F2N8/c1-5-35-13-21-10-20(35)14-36(21)12-18-6-7-25(32-11-18)37-15-23(30)26(34-28(37)31)19-8-22(29)27-24(9-19)38(16(2)3)17(4)33-27/h6-9,11,15-16,20-21,28H,5,10,12-14,31H2,1-4H3. The normalized spacial score (nSPS) is 24.1. The van der Waals surface area contributed by atoms with E-state index < -0.39 is 17.9 Å². The van der Waals surface area contributed by atoms with Crippen molar-refractivity contribution in [3.05, 3.63) is 65.3 Å². The van der Waals surface area contributed by atoms with E-state index in [-0.39, 0.29) is 17.3 Å². The Morgan fingerprint density at radius 2 is 1.87 bits per heavy atom. The first-order chi connectivity index (χ1) is 18.2. The average Bonchev–Trinajstić information content (AvgIpc) is 3.57. The Morgan fingerprint density at radius 1 is 1.11 bits per heavy atom. The van der Waals surface area contributed by atoms with Crippen molar-refractivity contribution in [2.75, 3.05) is 24.5 Å². The summed E-state index contributed by atoms with van der Waals surface area (Å²) in [5.41, 5.74) is 8.66. The van der Waals surface area contributed by atoms with Crippen LogP contribution in [0.4, 0.5) is 14.6 Å². The lowest BCUT2D eigenvalue weighted by molar-refractivity contribution is 0.127. The number of likely N-dealkylation sites (N-methyl/N-ethyl adjacent to an activating group) is 1. The van der Waals surface area contributed by atoms with Gasteiger partial charge in [-0.1, -0.05) is 13.0 Å². The van der Waals surface area contributed by atoms with Gasteiger partial charge < -0.3 is 4.57 Å². The fourth-order valence-corrected chi connectivity index (χ4v) is 6.30. The fourth-order valence-electron chi connectivity index (χ4n) is 6.30. The quantitative estimate of drug-likeness (QED) is 0.527. The molecule has 0 radical (unpaired) electrons. The number of aromatic nitrogens is 3. The highest BCUT2D eigenvalue weighted by atomic mass is 19.1. The second-order valence-corrected chi connectivity index (χ2v) is 10.8. The number of hydrogen-bond acceptors (Lipinski definition) is 7. The first kappa shape index (κ1) is 25.1. The molecule has 3 aliphatic rings. The largest absolute Gasteiger partial charge is 0.326 e. The van der Waals surface area contributed by atoms with E-state index in [1.807, 2.05) is 43.7 Å². The zero-order valence-corrected chi connectivity index (χ0v) is 22.3. The molecule has 0 saturated carbocycles. The minimum Gasteiger partial charge on any atom is -0.326 e. The number of rotatable bonds is 6. The number of imidazole rings is 1. The van der Waals surface area contributed by atoms with Crippen LogP contribution in [0.25, 0.3) is 11.0 Å². The van der Waals surface area contributed by atoms with E-state index in [0.29, 0.717) is 34.8 Å². The average molecular weight is 521 g/mol. The van der Waals surface area contributed by atoms with Crippen LogP contribution >= 0.6 is 0 Å². The van der Waals surface area contributed by atoms with Gasteiger partial charge in [0, 0.05) is 55.7 Å². The number of hydrogen-bond donors (Lipinski definition) is 1. The molecule has 8 nitrogen and oxygen atoms in total. The van der Waals surface area contributed by atoms with Crippen LogP contribution in [0.15, 0.2) is 47.5 Å². The smallest absolute Gasteiger partial charge is 0.179 e. The number of nitrogens with two attached hydrogens (primary N) is 1. The van der Waals surface area contributed by atoms with Crippen molar-refractivity contribution < 1.29 is 8.78 Å². The number of benzene rings is 1. The van der Waals surface area contributed by atoms with E-state index in [2.05, 4.69) is 31.7 Å². The number of allylic oxidation sites excluding steroid dienone is 1. The minimum atomic E-state index is -0.896. The summed E-state index contributed by atoms with van der Waals surface area (Å²) >= 11 is 0. The third-order valence-corrected chi connectivity index (χ3v) is 8.07. The molecule has 200 valence electrons. The Balaban J connectivity index is 1.21. The second-order valence-electron chi connectivity index (χ2n) is 10.8. The van der Waals surface area contributed by atoms with E-state index in [1.54, 1.807) is 6.07 Å². The van der Waals surface area contributed by atoms with E-state index in [4.69, 9.17) is 5.73 Å². The Hall–Kier alpha value is -3.21. The highest BCUT2D eigenvalue weighted by Gasteiger charge is 2.42. The van der Waals surface area contributed by atoms with Gasteiger partial charge in [-0.3, -0.25) is 20.4 Å². The van der Waals surface area contributed by atoms with Gasteiger partial charge in [0.15, 0.2) is 17.9 Å². The van der Waals surface area contributed by atoms with Crippen LogP contribution in [-0.4, -0.2) is 68.1 Å². The fraction of sp³-hybridized carbons (Fsp3) is 0.464. The number of piperazine rings is 1. The van der Waals surface area contributed by atoms with Crippen molar-refractivity contribution in [2.45, 2.75) is 65.1 Å². The molecule has 1 aromatic carbocycles. The topological polar surface area (TPSA) is 78.8 Å². The molecule has 0 aliphatic carbocycles. The molecule has 3 aromatic rings. The molecule has 3 unspecified atom stereocenters. The summed E-state index contributed by atoms with van der Waals surface area (Å²) in [6.45, 7) is 12.2.